The molecule has 1 spiro atoms. The smallest absolute Gasteiger partial charge is 0.338 e. The normalized spacial score (nSPS) is 63.3. The van der Waals surface area contributed by atoms with Crippen molar-refractivity contribution >= 4 is 5.97 Å². The standard InChI is InChI=1S/C20H28O9/c1-7-4-9(21)13(23)17(2)8(7)5-10-19-6-28-18(3,14(24)11(22)12(17)19)20(19,27)15(25)16(26)29-10/h4,8-15,21-25,27H,5-6H2,1-3H3/t8-,9-,10+,11?,12?,13?,14?,15?,17?,18?,19?,20+/m0/s1. The molecule has 9 nitrogen and oxygen atoms in total. The Balaban J connectivity index is 1.82. The van der Waals surface area contributed by atoms with E-state index in [0.29, 0.717) is 0 Å². The van der Waals surface area contributed by atoms with Crippen molar-refractivity contribution in [1.29, 1.82) is 0 Å². The maximum absolute atomic E-state index is 12.5. The average molecular weight is 412 g/mol. The predicted molar refractivity (Wildman–Crippen MR) is 95.1 cm³/mol. The highest BCUT2D eigenvalue weighted by Crippen LogP contribution is 2.73. The zero-order valence-electron chi connectivity index (χ0n) is 16.5. The Hall–Kier alpha value is -1.07. The Kier molecular flexibility index (Phi) is 3.70. The molecule has 0 radical (unpaired) electrons. The minimum Gasteiger partial charge on any atom is -0.460 e. The van der Waals surface area contributed by atoms with Gasteiger partial charge in [0.05, 0.1) is 30.3 Å². The minimum atomic E-state index is -2.24. The molecule has 8 unspecified atom stereocenters. The molecule has 0 aromatic carbocycles. The van der Waals surface area contributed by atoms with Crippen LogP contribution in [0.2, 0.25) is 0 Å². The number of esters is 1. The maximum atomic E-state index is 12.5. The SMILES string of the molecule is CC1=C[C@H](O)C(O)C2(C)C3C(O)C(O)C4(C)OCC35[C@@H](C[C@@H]12)OC(=O)C(O)[C@@]45O. The Morgan fingerprint density at radius 1 is 1.10 bits per heavy atom. The van der Waals surface area contributed by atoms with Crippen molar-refractivity contribution in [3.63, 3.8) is 0 Å². The largest absolute Gasteiger partial charge is 0.460 e. The van der Waals surface area contributed by atoms with Crippen molar-refractivity contribution in [3.8, 4) is 0 Å². The van der Waals surface area contributed by atoms with Gasteiger partial charge in [-0.25, -0.2) is 4.79 Å². The Morgan fingerprint density at radius 3 is 2.41 bits per heavy atom. The van der Waals surface area contributed by atoms with E-state index < -0.39 is 70.5 Å². The Bertz CT molecular complexity index is 814. The van der Waals surface area contributed by atoms with Crippen molar-refractivity contribution in [3.05, 3.63) is 11.6 Å². The van der Waals surface area contributed by atoms with E-state index in [-0.39, 0.29) is 18.9 Å². The fourth-order valence-corrected chi connectivity index (χ4v) is 7.72. The molecule has 0 amide bonds. The van der Waals surface area contributed by atoms with Gasteiger partial charge in [0.1, 0.15) is 23.4 Å². The number of hydrogen-bond donors (Lipinski definition) is 6. The molecule has 4 fully saturated rings. The highest BCUT2D eigenvalue weighted by atomic mass is 16.6. The van der Waals surface area contributed by atoms with Gasteiger partial charge in [-0.3, -0.25) is 0 Å². The fourth-order valence-electron chi connectivity index (χ4n) is 7.72. The van der Waals surface area contributed by atoms with Crippen LogP contribution >= 0.6 is 0 Å². The molecule has 2 heterocycles. The second-order valence-corrected chi connectivity index (χ2v) is 9.94. The summed E-state index contributed by atoms with van der Waals surface area (Å²) in [5, 5.41) is 66.5. The van der Waals surface area contributed by atoms with Gasteiger partial charge in [-0.2, -0.15) is 0 Å². The number of aliphatic hydroxyl groups is 6. The molecule has 2 aliphatic heterocycles. The van der Waals surface area contributed by atoms with Crippen LogP contribution in [0.5, 0.6) is 0 Å². The number of allylic oxidation sites excluding steroid dienone is 1. The van der Waals surface area contributed by atoms with E-state index in [2.05, 4.69) is 0 Å². The molecule has 2 bridgehead atoms. The highest BCUT2D eigenvalue weighted by Gasteiger charge is 2.88. The molecule has 0 aromatic heterocycles. The van der Waals surface area contributed by atoms with Crippen LogP contribution in [0, 0.1) is 22.7 Å². The average Bonchev–Trinajstić information content (AvgIpc) is 2.85. The van der Waals surface area contributed by atoms with E-state index in [1.807, 2.05) is 0 Å². The van der Waals surface area contributed by atoms with Gasteiger partial charge in [0, 0.05) is 11.3 Å². The maximum Gasteiger partial charge on any atom is 0.338 e. The molecule has 162 valence electrons. The summed E-state index contributed by atoms with van der Waals surface area (Å²) in [5.74, 6) is -2.42. The van der Waals surface area contributed by atoms with Gasteiger partial charge >= 0.3 is 5.97 Å². The van der Waals surface area contributed by atoms with Crippen LogP contribution in [0.1, 0.15) is 27.2 Å². The molecule has 2 saturated carbocycles. The summed E-state index contributed by atoms with van der Waals surface area (Å²) in [6, 6.07) is 0. The van der Waals surface area contributed by atoms with Crippen LogP contribution in [0.4, 0.5) is 0 Å². The summed E-state index contributed by atoms with van der Waals surface area (Å²) in [4.78, 5) is 12.5. The lowest BCUT2D eigenvalue weighted by Gasteiger charge is -2.70. The summed E-state index contributed by atoms with van der Waals surface area (Å²) >= 11 is 0. The number of carbonyl (C=O) groups excluding carboxylic acids is 1. The van der Waals surface area contributed by atoms with Gasteiger partial charge in [0.15, 0.2) is 6.10 Å². The third-order valence-corrected chi connectivity index (χ3v) is 9.13. The Labute approximate surface area is 167 Å². The monoisotopic (exact) mass is 412 g/mol. The van der Waals surface area contributed by atoms with E-state index in [4.69, 9.17) is 9.47 Å². The molecule has 9 heteroatoms. The van der Waals surface area contributed by atoms with Crippen molar-refractivity contribution in [1.82, 2.24) is 0 Å². The molecule has 3 aliphatic carbocycles. The zero-order valence-corrected chi connectivity index (χ0v) is 16.5. The molecular weight excluding hydrogens is 384 g/mol. The summed E-state index contributed by atoms with van der Waals surface area (Å²) in [6.45, 7) is 4.69. The van der Waals surface area contributed by atoms with Crippen molar-refractivity contribution in [2.75, 3.05) is 6.61 Å². The summed E-state index contributed by atoms with van der Waals surface area (Å²) < 4.78 is 11.4. The van der Waals surface area contributed by atoms with Crippen LogP contribution in [0.15, 0.2) is 11.6 Å². The van der Waals surface area contributed by atoms with Crippen LogP contribution in [0.3, 0.4) is 0 Å². The molecule has 29 heavy (non-hydrogen) atoms. The van der Waals surface area contributed by atoms with Gasteiger partial charge in [0.25, 0.3) is 0 Å². The van der Waals surface area contributed by atoms with E-state index in [0.717, 1.165) is 5.57 Å². The third-order valence-electron chi connectivity index (χ3n) is 9.13. The van der Waals surface area contributed by atoms with Gasteiger partial charge in [-0.05, 0) is 26.2 Å². The first-order valence-electron chi connectivity index (χ1n) is 10.0. The second kappa shape index (κ2) is 5.40. The number of rotatable bonds is 0. The molecule has 6 N–H and O–H groups in total. The van der Waals surface area contributed by atoms with Gasteiger partial charge in [-0.15, -0.1) is 0 Å². The lowest BCUT2D eigenvalue weighted by atomic mass is 9.36. The van der Waals surface area contributed by atoms with E-state index >= 15 is 0 Å². The van der Waals surface area contributed by atoms with Gasteiger partial charge in [0.2, 0.25) is 0 Å². The number of aliphatic hydroxyl groups excluding tert-OH is 5. The molecular formula is C20H28O9. The van der Waals surface area contributed by atoms with Gasteiger partial charge in [-0.1, -0.05) is 18.6 Å². The molecule has 2 saturated heterocycles. The fraction of sp³-hybridized carbons (Fsp3) is 0.850. The quantitative estimate of drug-likeness (QED) is 0.193. The first-order chi connectivity index (χ1) is 13.4. The first-order valence-corrected chi connectivity index (χ1v) is 10.0. The number of fused-ring (bicyclic) bond motifs is 2. The molecule has 5 rings (SSSR count). The zero-order chi connectivity index (χ0) is 21.3. The highest BCUT2D eigenvalue weighted by molar-refractivity contribution is 5.79. The van der Waals surface area contributed by atoms with E-state index in [1.165, 1.54) is 6.92 Å². The van der Waals surface area contributed by atoms with E-state index in [1.54, 1.807) is 19.9 Å². The third kappa shape index (κ3) is 1.75. The Morgan fingerprint density at radius 2 is 1.76 bits per heavy atom. The summed E-state index contributed by atoms with van der Waals surface area (Å²) in [6.07, 6.45) is -6.71. The van der Waals surface area contributed by atoms with Crippen LogP contribution < -0.4 is 0 Å². The predicted octanol–water partition coefficient (Wildman–Crippen LogP) is -2.16. The van der Waals surface area contributed by atoms with Gasteiger partial charge < -0.3 is 40.1 Å². The van der Waals surface area contributed by atoms with E-state index in [9.17, 15) is 35.4 Å². The molecule has 12 atom stereocenters. The second-order valence-electron chi connectivity index (χ2n) is 9.94. The van der Waals surface area contributed by atoms with Crippen LogP contribution in [-0.4, -0.2) is 91.0 Å². The molecule has 5 aliphatic rings. The van der Waals surface area contributed by atoms with Crippen molar-refractivity contribution in [2.24, 2.45) is 22.7 Å². The lowest BCUT2D eigenvalue weighted by molar-refractivity contribution is -0.355. The summed E-state index contributed by atoms with van der Waals surface area (Å²) in [5.41, 5.74) is -5.93. The van der Waals surface area contributed by atoms with Crippen LogP contribution in [0.25, 0.3) is 0 Å². The molecule has 0 aromatic rings. The van der Waals surface area contributed by atoms with Crippen LogP contribution in [-0.2, 0) is 14.3 Å². The van der Waals surface area contributed by atoms with Crippen molar-refractivity contribution in [2.45, 2.75) is 75.0 Å². The van der Waals surface area contributed by atoms with Crippen molar-refractivity contribution < 1.29 is 44.9 Å². The number of ether oxygens (including phenoxy) is 2. The topological polar surface area (TPSA) is 157 Å². The first kappa shape index (κ1) is 19.9. The number of carbonyl (C=O) groups is 1. The minimum absolute atomic E-state index is 0.179. The summed E-state index contributed by atoms with van der Waals surface area (Å²) in [7, 11) is 0. The lowest BCUT2D eigenvalue weighted by Crippen LogP contribution is -2.86. The number of hydrogen-bond acceptors (Lipinski definition) is 9.